The second-order valence-corrected chi connectivity index (χ2v) is 8.59. The van der Waals surface area contributed by atoms with E-state index in [1.807, 2.05) is 16.9 Å². The van der Waals surface area contributed by atoms with Gasteiger partial charge in [0.05, 0.1) is 31.2 Å². The van der Waals surface area contributed by atoms with Crippen LogP contribution in [0.5, 0.6) is 0 Å². The second kappa shape index (κ2) is 7.27. The van der Waals surface area contributed by atoms with Gasteiger partial charge in [0.15, 0.2) is 5.82 Å². The third-order valence-electron chi connectivity index (χ3n) is 6.74. The minimum atomic E-state index is -0.788. The number of nitrogens with zero attached hydrogens (tertiary/aromatic N) is 5. The Kier molecular flexibility index (Phi) is 4.72. The first-order valence-corrected chi connectivity index (χ1v) is 10.7. The number of ether oxygens (including phenoxy) is 1. The van der Waals surface area contributed by atoms with Gasteiger partial charge >= 0.3 is 0 Å². The molecule has 5 rings (SSSR count). The number of hydrogen-bond acceptors (Lipinski definition) is 6. The van der Waals surface area contributed by atoms with Crippen LogP contribution >= 0.6 is 0 Å². The molecule has 29 heavy (non-hydrogen) atoms. The lowest BCUT2D eigenvalue weighted by Gasteiger charge is -2.47. The van der Waals surface area contributed by atoms with Crippen molar-refractivity contribution in [3.63, 3.8) is 0 Å². The van der Waals surface area contributed by atoms with Crippen LogP contribution in [-0.2, 0) is 4.74 Å². The summed E-state index contributed by atoms with van der Waals surface area (Å²) < 4.78 is 7.58. The molecule has 2 aliphatic heterocycles. The quantitative estimate of drug-likeness (QED) is 0.825. The van der Waals surface area contributed by atoms with Crippen molar-refractivity contribution < 1.29 is 9.84 Å². The molecule has 8 nitrogen and oxygen atoms in total. The molecule has 156 valence electrons. The van der Waals surface area contributed by atoms with Crippen molar-refractivity contribution in [2.24, 2.45) is 0 Å². The van der Waals surface area contributed by atoms with Crippen LogP contribution in [0.4, 0.5) is 5.82 Å². The molecule has 2 aromatic heterocycles. The van der Waals surface area contributed by atoms with Crippen molar-refractivity contribution >= 4 is 11.4 Å². The first kappa shape index (κ1) is 18.8. The molecule has 4 heterocycles. The molecule has 0 aromatic carbocycles. The predicted molar refractivity (Wildman–Crippen MR) is 111 cm³/mol. The number of aliphatic hydroxyl groups is 1. The average molecular weight is 399 g/mol. The Labute approximate surface area is 171 Å². The molecule has 8 heteroatoms. The van der Waals surface area contributed by atoms with E-state index in [2.05, 4.69) is 45.1 Å². The Morgan fingerprint density at radius 2 is 2.10 bits per heavy atom. The fraction of sp³-hybridized carbons (Fsp3) is 0.619. The average Bonchev–Trinajstić information content (AvgIpc) is 3.39. The van der Waals surface area contributed by atoms with Crippen LogP contribution in [0.3, 0.4) is 0 Å². The fourth-order valence-electron chi connectivity index (χ4n) is 5.15. The van der Waals surface area contributed by atoms with Gasteiger partial charge in [-0.2, -0.15) is 14.9 Å². The molecule has 3 aliphatic rings. The number of aromatic nitrogens is 4. The predicted octanol–water partition coefficient (Wildman–Crippen LogP) is 2.17. The SMILES string of the molecule is C[C@@H]1COCCN1C1C=C(C2(O)CCCCC2)c2cnn(-c3ccn[nH]3)c2N1C. The third-order valence-corrected chi connectivity index (χ3v) is 6.74. The van der Waals surface area contributed by atoms with Crippen molar-refractivity contribution in [3.05, 3.63) is 30.1 Å². The number of hydrogen-bond donors (Lipinski definition) is 2. The van der Waals surface area contributed by atoms with E-state index in [9.17, 15) is 5.11 Å². The Bertz CT molecular complexity index is 883. The van der Waals surface area contributed by atoms with E-state index in [0.717, 1.165) is 68.2 Å². The van der Waals surface area contributed by atoms with Crippen LogP contribution < -0.4 is 4.90 Å². The smallest absolute Gasteiger partial charge is 0.151 e. The highest BCUT2D eigenvalue weighted by Gasteiger charge is 2.42. The highest BCUT2D eigenvalue weighted by atomic mass is 16.5. The minimum Gasteiger partial charge on any atom is -0.385 e. The molecule has 1 saturated heterocycles. The van der Waals surface area contributed by atoms with Crippen molar-refractivity contribution in [3.8, 4) is 5.82 Å². The largest absolute Gasteiger partial charge is 0.385 e. The summed E-state index contributed by atoms with van der Waals surface area (Å²) in [5, 5.41) is 23.5. The maximum atomic E-state index is 11.7. The van der Waals surface area contributed by atoms with Gasteiger partial charge in [-0.15, -0.1) is 0 Å². The molecule has 2 fully saturated rings. The van der Waals surface area contributed by atoms with Gasteiger partial charge in [-0.25, -0.2) is 0 Å². The van der Waals surface area contributed by atoms with Crippen LogP contribution in [-0.4, -0.2) is 74.6 Å². The summed E-state index contributed by atoms with van der Waals surface area (Å²) in [5.41, 5.74) is 1.26. The molecule has 1 aliphatic carbocycles. The number of H-pyrrole nitrogens is 1. The number of aromatic amines is 1. The Balaban J connectivity index is 1.63. The van der Waals surface area contributed by atoms with E-state index >= 15 is 0 Å². The maximum Gasteiger partial charge on any atom is 0.151 e. The lowest BCUT2D eigenvalue weighted by atomic mass is 9.76. The monoisotopic (exact) mass is 398 g/mol. The highest BCUT2D eigenvalue weighted by molar-refractivity contribution is 5.83. The molecule has 2 N–H and O–H groups in total. The normalized spacial score (nSPS) is 27.6. The molecule has 0 radical (unpaired) electrons. The zero-order valence-electron chi connectivity index (χ0n) is 17.2. The zero-order chi connectivity index (χ0) is 20.0. The summed E-state index contributed by atoms with van der Waals surface area (Å²) >= 11 is 0. The summed E-state index contributed by atoms with van der Waals surface area (Å²) in [5.74, 6) is 1.82. The van der Waals surface area contributed by atoms with Crippen LogP contribution in [0.1, 0.15) is 44.6 Å². The number of likely N-dealkylation sites (N-methyl/N-ethyl adjacent to an activating group) is 1. The lowest BCUT2D eigenvalue weighted by molar-refractivity contribution is -0.0135. The van der Waals surface area contributed by atoms with E-state index in [4.69, 9.17) is 4.74 Å². The molecular weight excluding hydrogens is 368 g/mol. The van der Waals surface area contributed by atoms with E-state index in [-0.39, 0.29) is 6.17 Å². The number of anilines is 1. The number of rotatable bonds is 3. The third kappa shape index (κ3) is 3.10. The summed E-state index contributed by atoms with van der Waals surface area (Å²) in [6, 6.07) is 2.22. The van der Waals surface area contributed by atoms with Crippen molar-refractivity contribution in [2.75, 3.05) is 31.7 Å². The van der Waals surface area contributed by atoms with Crippen LogP contribution in [0.25, 0.3) is 11.4 Å². The molecule has 0 spiro atoms. The molecular formula is C21H30N6O2. The van der Waals surface area contributed by atoms with Crippen LogP contribution in [0.2, 0.25) is 0 Å². The second-order valence-electron chi connectivity index (χ2n) is 8.59. The van der Waals surface area contributed by atoms with Gasteiger partial charge < -0.3 is 14.7 Å². The number of fused-ring (bicyclic) bond motifs is 1. The summed E-state index contributed by atoms with van der Waals surface area (Å²) in [6.45, 7) is 4.53. The maximum absolute atomic E-state index is 11.7. The van der Waals surface area contributed by atoms with Gasteiger partial charge in [-0.3, -0.25) is 10.00 Å². The Morgan fingerprint density at radius 3 is 2.83 bits per heavy atom. The van der Waals surface area contributed by atoms with Gasteiger partial charge in [0.25, 0.3) is 0 Å². The topological polar surface area (TPSA) is 82.4 Å². The number of morpholine rings is 1. The van der Waals surface area contributed by atoms with E-state index in [0.29, 0.717) is 6.04 Å². The Hall–Kier alpha value is -2.16. The van der Waals surface area contributed by atoms with Gasteiger partial charge in [-0.1, -0.05) is 19.3 Å². The lowest BCUT2D eigenvalue weighted by Crippen LogP contribution is -2.56. The van der Waals surface area contributed by atoms with Crippen molar-refractivity contribution in [2.45, 2.75) is 56.8 Å². The van der Waals surface area contributed by atoms with Crippen molar-refractivity contribution in [1.29, 1.82) is 0 Å². The molecule has 1 saturated carbocycles. The molecule has 1 unspecified atom stereocenters. The standard InChI is InChI=1S/C21H30N6O2/c1-15-14-29-11-10-26(15)19-12-17(21(28)7-4-3-5-8-21)16-13-23-27(20(16)25(19)2)18-6-9-22-24-18/h6,9,12-13,15,19,28H,3-5,7-8,10-11,14H2,1-2H3,(H,22,24)/t15-,19?/m1/s1. The first-order valence-electron chi connectivity index (χ1n) is 10.7. The highest BCUT2D eigenvalue weighted by Crippen LogP contribution is 2.46. The first-order chi connectivity index (χ1) is 14.1. The minimum absolute atomic E-state index is 0.0423. The van der Waals surface area contributed by atoms with Gasteiger partial charge in [0.1, 0.15) is 12.0 Å². The zero-order valence-corrected chi connectivity index (χ0v) is 17.2. The van der Waals surface area contributed by atoms with Gasteiger partial charge in [0, 0.05) is 31.3 Å². The number of nitrogens with one attached hydrogen (secondary N) is 1. The molecule has 2 aromatic rings. The molecule has 2 atom stereocenters. The van der Waals surface area contributed by atoms with Crippen molar-refractivity contribution in [1.82, 2.24) is 24.9 Å². The summed E-state index contributed by atoms with van der Waals surface area (Å²) in [6.07, 6.45) is 10.9. The summed E-state index contributed by atoms with van der Waals surface area (Å²) in [4.78, 5) is 4.73. The van der Waals surface area contributed by atoms with E-state index < -0.39 is 5.60 Å². The van der Waals surface area contributed by atoms with Crippen LogP contribution in [0.15, 0.2) is 24.5 Å². The fourth-order valence-corrected chi connectivity index (χ4v) is 5.15. The Morgan fingerprint density at radius 1 is 1.28 bits per heavy atom. The van der Waals surface area contributed by atoms with Gasteiger partial charge in [0.2, 0.25) is 0 Å². The van der Waals surface area contributed by atoms with Crippen LogP contribution in [0, 0.1) is 0 Å². The molecule has 0 amide bonds. The summed E-state index contributed by atoms with van der Waals surface area (Å²) in [7, 11) is 2.11. The van der Waals surface area contributed by atoms with E-state index in [1.165, 1.54) is 6.42 Å². The van der Waals surface area contributed by atoms with Gasteiger partial charge in [-0.05, 0) is 31.4 Å². The molecule has 0 bridgehead atoms. The van der Waals surface area contributed by atoms with E-state index in [1.54, 1.807) is 6.20 Å².